The zero-order valence-corrected chi connectivity index (χ0v) is 12.0. The number of nitrogens with zero attached hydrogens (tertiary/aromatic N) is 3. The summed E-state index contributed by atoms with van der Waals surface area (Å²) in [5.41, 5.74) is 0. The smallest absolute Gasteiger partial charge is 0.296 e. The zero-order chi connectivity index (χ0) is 12.0. The summed E-state index contributed by atoms with van der Waals surface area (Å²) < 4.78 is 3.20. The summed E-state index contributed by atoms with van der Waals surface area (Å²) in [5.74, 6) is 3.00. The standard InChI is InChI=1S/C8H15N3O2S3/c1-10(2)16-11(3)8(12)13-9-7-6-14-4-5-15-7/h4-6H2,1-3H3/b9-7-. The molecule has 1 aliphatic heterocycles. The summed E-state index contributed by atoms with van der Waals surface area (Å²) in [5, 5.41) is 4.73. The van der Waals surface area contributed by atoms with Crippen molar-refractivity contribution in [3.63, 3.8) is 0 Å². The van der Waals surface area contributed by atoms with Crippen molar-refractivity contribution in [1.29, 1.82) is 0 Å². The molecule has 1 aliphatic rings. The molecule has 1 fully saturated rings. The van der Waals surface area contributed by atoms with Crippen molar-refractivity contribution in [3.05, 3.63) is 0 Å². The van der Waals surface area contributed by atoms with Crippen LogP contribution in [0.15, 0.2) is 5.16 Å². The summed E-state index contributed by atoms with van der Waals surface area (Å²) in [6.07, 6.45) is -0.456. The lowest BCUT2D eigenvalue weighted by Gasteiger charge is -2.17. The zero-order valence-electron chi connectivity index (χ0n) is 9.50. The number of carbonyl (C=O) groups is 1. The lowest BCUT2D eigenvalue weighted by molar-refractivity contribution is 0.136. The van der Waals surface area contributed by atoms with Gasteiger partial charge in [-0.3, -0.25) is 4.84 Å². The quantitative estimate of drug-likeness (QED) is 0.448. The van der Waals surface area contributed by atoms with Crippen molar-refractivity contribution < 1.29 is 9.63 Å². The average Bonchev–Trinajstić information content (AvgIpc) is 2.26. The molecule has 0 saturated carbocycles. The Morgan fingerprint density at radius 2 is 2.19 bits per heavy atom. The molecular formula is C8H15N3O2S3. The van der Waals surface area contributed by atoms with Crippen molar-refractivity contribution >= 4 is 46.8 Å². The van der Waals surface area contributed by atoms with Crippen LogP contribution in [0.25, 0.3) is 0 Å². The molecule has 8 heteroatoms. The molecule has 5 nitrogen and oxygen atoms in total. The van der Waals surface area contributed by atoms with Gasteiger partial charge in [-0.2, -0.15) is 11.8 Å². The Bertz CT molecular complexity index is 265. The second-order valence-electron chi connectivity index (χ2n) is 3.13. The van der Waals surface area contributed by atoms with Crippen molar-refractivity contribution in [2.24, 2.45) is 5.16 Å². The molecule has 0 aromatic carbocycles. The average molecular weight is 281 g/mol. The van der Waals surface area contributed by atoms with Crippen LogP contribution in [0.2, 0.25) is 0 Å². The highest BCUT2D eigenvalue weighted by atomic mass is 32.2. The van der Waals surface area contributed by atoms with Crippen LogP contribution >= 0.6 is 35.7 Å². The molecular weight excluding hydrogens is 266 g/mol. The Morgan fingerprint density at radius 3 is 2.75 bits per heavy atom. The third-order valence-electron chi connectivity index (χ3n) is 1.49. The van der Waals surface area contributed by atoms with Gasteiger partial charge in [-0.25, -0.2) is 13.4 Å². The molecule has 0 unspecified atom stereocenters. The van der Waals surface area contributed by atoms with Gasteiger partial charge in [-0.1, -0.05) is 5.16 Å². The molecule has 1 rings (SSSR count). The first-order chi connectivity index (χ1) is 7.59. The number of thioether (sulfide) groups is 2. The molecule has 1 saturated heterocycles. The third kappa shape index (κ3) is 5.33. The summed E-state index contributed by atoms with van der Waals surface area (Å²) in [7, 11) is 5.36. The van der Waals surface area contributed by atoms with Gasteiger partial charge in [0.2, 0.25) is 0 Å². The minimum atomic E-state index is -0.456. The predicted molar refractivity (Wildman–Crippen MR) is 72.7 cm³/mol. The van der Waals surface area contributed by atoms with Crippen molar-refractivity contribution in [1.82, 2.24) is 8.61 Å². The highest BCUT2D eigenvalue weighted by molar-refractivity contribution is 8.18. The summed E-state index contributed by atoms with van der Waals surface area (Å²) >= 11 is 4.71. The van der Waals surface area contributed by atoms with Crippen LogP contribution in [0.5, 0.6) is 0 Å². The number of hydrogen-bond donors (Lipinski definition) is 0. The molecule has 1 amide bonds. The van der Waals surface area contributed by atoms with E-state index in [2.05, 4.69) is 5.16 Å². The molecule has 0 atom stereocenters. The first-order valence-electron chi connectivity index (χ1n) is 4.67. The molecule has 0 aromatic heterocycles. The van der Waals surface area contributed by atoms with Crippen LogP contribution in [0.1, 0.15) is 0 Å². The lowest BCUT2D eigenvalue weighted by atomic mass is 10.9. The van der Waals surface area contributed by atoms with E-state index in [0.29, 0.717) is 0 Å². The molecule has 92 valence electrons. The highest BCUT2D eigenvalue weighted by Crippen LogP contribution is 2.19. The normalized spacial score (nSPS) is 18.9. The van der Waals surface area contributed by atoms with Crippen molar-refractivity contribution in [3.8, 4) is 0 Å². The molecule has 1 heterocycles. The van der Waals surface area contributed by atoms with Crippen LogP contribution < -0.4 is 0 Å². The molecule has 0 aromatic rings. The Kier molecular flexibility index (Phi) is 6.40. The summed E-state index contributed by atoms with van der Waals surface area (Å²) in [4.78, 5) is 16.3. The van der Waals surface area contributed by atoms with Gasteiger partial charge in [0.15, 0.2) is 0 Å². The molecule has 0 spiro atoms. The van der Waals surface area contributed by atoms with Gasteiger partial charge in [0.05, 0.1) is 0 Å². The predicted octanol–water partition coefficient (Wildman–Crippen LogP) is 1.97. The van der Waals surface area contributed by atoms with Crippen LogP contribution in [-0.4, -0.2) is 58.1 Å². The lowest BCUT2D eigenvalue weighted by Crippen LogP contribution is -2.23. The van der Waals surface area contributed by atoms with Crippen LogP contribution in [0, 0.1) is 0 Å². The van der Waals surface area contributed by atoms with E-state index in [1.54, 1.807) is 34.9 Å². The van der Waals surface area contributed by atoms with Gasteiger partial charge in [-0.15, -0.1) is 11.8 Å². The number of rotatable bonds is 3. The molecule has 0 aliphatic carbocycles. The van der Waals surface area contributed by atoms with E-state index in [1.807, 2.05) is 14.1 Å². The second-order valence-corrected chi connectivity index (χ2v) is 6.85. The first-order valence-corrected chi connectivity index (χ1v) is 7.54. The Balaban J connectivity index is 2.32. The fraction of sp³-hybridized carbons (Fsp3) is 0.750. The van der Waals surface area contributed by atoms with Gasteiger partial charge < -0.3 is 0 Å². The first kappa shape index (κ1) is 14.0. The highest BCUT2D eigenvalue weighted by Gasteiger charge is 2.14. The summed E-state index contributed by atoms with van der Waals surface area (Å²) in [6, 6.07) is 0. The molecule has 16 heavy (non-hydrogen) atoms. The Hall–Kier alpha value is -0.0500. The van der Waals surface area contributed by atoms with Crippen LogP contribution in [0.4, 0.5) is 4.79 Å². The van der Waals surface area contributed by atoms with E-state index < -0.39 is 6.09 Å². The topological polar surface area (TPSA) is 45.1 Å². The van der Waals surface area contributed by atoms with E-state index in [-0.39, 0.29) is 0 Å². The van der Waals surface area contributed by atoms with Crippen LogP contribution in [-0.2, 0) is 4.84 Å². The van der Waals surface area contributed by atoms with Gasteiger partial charge in [0.1, 0.15) is 5.04 Å². The van der Waals surface area contributed by atoms with Crippen LogP contribution in [0.3, 0.4) is 0 Å². The number of amides is 1. The van der Waals surface area contributed by atoms with E-state index in [9.17, 15) is 4.79 Å². The van der Waals surface area contributed by atoms with E-state index >= 15 is 0 Å². The number of hydrogen-bond acceptors (Lipinski definition) is 7. The Labute approximate surface area is 109 Å². The molecule has 0 radical (unpaired) electrons. The van der Waals surface area contributed by atoms with E-state index in [1.165, 1.54) is 16.4 Å². The minimum absolute atomic E-state index is 0.456. The number of oxime groups is 1. The van der Waals surface area contributed by atoms with Gasteiger partial charge in [0, 0.05) is 36.4 Å². The van der Waals surface area contributed by atoms with Gasteiger partial charge in [-0.05, 0) is 14.1 Å². The maximum absolute atomic E-state index is 11.5. The number of carbonyl (C=O) groups excluding carboxylic acids is 1. The third-order valence-corrected chi connectivity index (χ3v) is 4.58. The van der Waals surface area contributed by atoms with E-state index in [0.717, 1.165) is 22.3 Å². The van der Waals surface area contributed by atoms with Crippen molar-refractivity contribution in [2.45, 2.75) is 0 Å². The van der Waals surface area contributed by atoms with Gasteiger partial charge in [0.25, 0.3) is 0 Å². The fourth-order valence-electron chi connectivity index (χ4n) is 0.898. The maximum Gasteiger partial charge on any atom is 0.446 e. The minimum Gasteiger partial charge on any atom is -0.296 e. The van der Waals surface area contributed by atoms with Crippen molar-refractivity contribution in [2.75, 3.05) is 38.4 Å². The second kappa shape index (κ2) is 7.31. The Morgan fingerprint density at radius 1 is 1.44 bits per heavy atom. The maximum atomic E-state index is 11.5. The molecule has 0 N–H and O–H groups in total. The fourth-order valence-corrected chi connectivity index (χ4v) is 3.57. The largest absolute Gasteiger partial charge is 0.446 e. The van der Waals surface area contributed by atoms with E-state index in [4.69, 9.17) is 4.84 Å². The molecule has 0 bridgehead atoms. The summed E-state index contributed by atoms with van der Waals surface area (Å²) in [6.45, 7) is 0. The monoisotopic (exact) mass is 281 g/mol. The SMILES string of the molecule is CN(C)SN(C)C(=O)O/N=C1/CSCCS1. The van der Waals surface area contributed by atoms with Gasteiger partial charge >= 0.3 is 6.09 Å².